The van der Waals surface area contributed by atoms with Crippen molar-refractivity contribution < 1.29 is 4.74 Å². The normalized spacial score (nSPS) is 26.2. The van der Waals surface area contributed by atoms with E-state index >= 15 is 0 Å². The Labute approximate surface area is 100 Å². The second-order valence-corrected chi connectivity index (χ2v) is 5.13. The van der Waals surface area contributed by atoms with Gasteiger partial charge in [-0.05, 0) is 58.9 Å². The predicted molar refractivity (Wildman–Crippen MR) is 69.7 cm³/mol. The van der Waals surface area contributed by atoms with Crippen LogP contribution in [0.1, 0.15) is 46.0 Å². The van der Waals surface area contributed by atoms with Crippen molar-refractivity contribution in [3.05, 3.63) is 12.2 Å². The van der Waals surface area contributed by atoms with Crippen molar-refractivity contribution in [1.29, 1.82) is 0 Å². The lowest BCUT2D eigenvalue weighted by molar-refractivity contribution is -0.0290. The first-order chi connectivity index (χ1) is 7.65. The molecule has 2 nitrogen and oxygen atoms in total. The lowest BCUT2D eigenvalue weighted by Crippen LogP contribution is -2.37. The van der Waals surface area contributed by atoms with Crippen LogP contribution in [-0.4, -0.2) is 25.8 Å². The second kappa shape index (κ2) is 7.08. The van der Waals surface area contributed by atoms with Crippen LogP contribution in [-0.2, 0) is 4.74 Å². The third-order valence-electron chi connectivity index (χ3n) is 3.54. The van der Waals surface area contributed by atoms with Gasteiger partial charge in [0, 0.05) is 12.6 Å². The van der Waals surface area contributed by atoms with E-state index in [4.69, 9.17) is 4.74 Å². The number of allylic oxidation sites excluding steroid dienone is 1. The Kier molecular flexibility index (Phi) is 6.07. The third-order valence-corrected chi connectivity index (χ3v) is 3.54. The van der Waals surface area contributed by atoms with E-state index in [2.05, 4.69) is 32.8 Å². The SMILES string of the molecule is C=C(C)CCC(CC1CC(OCC)C1)NC. The minimum absolute atomic E-state index is 0.550. The average molecular weight is 225 g/mol. The van der Waals surface area contributed by atoms with Gasteiger partial charge in [-0.2, -0.15) is 0 Å². The Morgan fingerprint density at radius 1 is 1.50 bits per heavy atom. The molecule has 0 aromatic carbocycles. The fourth-order valence-electron chi connectivity index (χ4n) is 2.44. The Morgan fingerprint density at radius 2 is 2.19 bits per heavy atom. The number of hydrogen-bond donors (Lipinski definition) is 1. The van der Waals surface area contributed by atoms with Crippen molar-refractivity contribution in [2.24, 2.45) is 5.92 Å². The van der Waals surface area contributed by atoms with Crippen molar-refractivity contribution in [3.8, 4) is 0 Å². The molecule has 0 amide bonds. The van der Waals surface area contributed by atoms with Gasteiger partial charge in [-0.25, -0.2) is 0 Å². The van der Waals surface area contributed by atoms with E-state index in [0.717, 1.165) is 18.9 Å². The van der Waals surface area contributed by atoms with Gasteiger partial charge in [-0.1, -0.05) is 5.57 Å². The maximum atomic E-state index is 5.59. The van der Waals surface area contributed by atoms with Gasteiger partial charge in [0.15, 0.2) is 0 Å². The lowest BCUT2D eigenvalue weighted by atomic mass is 9.77. The van der Waals surface area contributed by atoms with Crippen LogP contribution in [0.5, 0.6) is 0 Å². The van der Waals surface area contributed by atoms with Gasteiger partial charge in [0.25, 0.3) is 0 Å². The summed E-state index contributed by atoms with van der Waals surface area (Å²) in [5.41, 5.74) is 1.29. The van der Waals surface area contributed by atoms with E-state index in [1.807, 2.05) is 0 Å². The highest BCUT2D eigenvalue weighted by molar-refractivity contribution is 4.90. The first kappa shape index (κ1) is 13.7. The summed E-state index contributed by atoms with van der Waals surface area (Å²) in [4.78, 5) is 0. The summed E-state index contributed by atoms with van der Waals surface area (Å²) < 4.78 is 5.59. The minimum atomic E-state index is 0.550. The molecule has 1 N–H and O–H groups in total. The van der Waals surface area contributed by atoms with E-state index in [9.17, 15) is 0 Å². The quantitative estimate of drug-likeness (QED) is 0.641. The summed E-state index contributed by atoms with van der Waals surface area (Å²) in [6.45, 7) is 9.02. The molecule has 0 heterocycles. The van der Waals surface area contributed by atoms with Gasteiger partial charge < -0.3 is 10.1 Å². The summed E-state index contributed by atoms with van der Waals surface area (Å²) in [5.74, 6) is 0.874. The molecule has 1 saturated carbocycles. The summed E-state index contributed by atoms with van der Waals surface area (Å²) in [5, 5.41) is 3.42. The zero-order valence-electron chi connectivity index (χ0n) is 11.1. The van der Waals surface area contributed by atoms with Crippen LogP contribution >= 0.6 is 0 Å². The number of ether oxygens (including phenoxy) is 1. The van der Waals surface area contributed by atoms with Crippen molar-refractivity contribution in [3.63, 3.8) is 0 Å². The maximum Gasteiger partial charge on any atom is 0.0580 e. The Morgan fingerprint density at radius 3 is 2.69 bits per heavy atom. The second-order valence-electron chi connectivity index (χ2n) is 5.13. The molecule has 0 aliphatic heterocycles. The molecule has 0 bridgehead atoms. The molecule has 1 aliphatic carbocycles. The van der Waals surface area contributed by atoms with Crippen molar-refractivity contribution in [2.75, 3.05) is 13.7 Å². The van der Waals surface area contributed by atoms with Crippen LogP contribution < -0.4 is 5.32 Å². The standard InChI is InChI=1S/C14H27NO/c1-5-16-14-9-12(10-14)8-13(15-4)7-6-11(2)3/h12-15H,2,5-10H2,1,3-4H3. The van der Waals surface area contributed by atoms with Crippen LogP contribution in [0.3, 0.4) is 0 Å². The first-order valence-corrected chi connectivity index (χ1v) is 6.59. The van der Waals surface area contributed by atoms with Gasteiger partial charge in [-0.3, -0.25) is 0 Å². The average Bonchev–Trinajstić information content (AvgIpc) is 2.19. The molecular formula is C14H27NO. The molecular weight excluding hydrogens is 198 g/mol. The van der Waals surface area contributed by atoms with Crippen molar-refractivity contribution >= 4 is 0 Å². The Balaban J connectivity index is 2.12. The van der Waals surface area contributed by atoms with Gasteiger partial charge in [0.1, 0.15) is 0 Å². The Bertz CT molecular complexity index is 209. The zero-order chi connectivity index (χ0) is 12.0. The first-order valence-electron chi connectivity index (χ1n) is 6.59. The third kappa shape index (κ3) is 4.67. The lowest BCUT2D eigenvalue weighted by Gasteiger charge is -2.37. The topological polar surface area (TPSA) is 21.3 Å². The van der Waals surface area contributed by atoms with Crippen molar-refractivity contribution in [1.82, 2.24) is 5.32 Å². The monoisotopic (exact) mass is 225 g/mol. The van der Waals surface area contributed by atoms with Crippen LogP contribution in [0, 0.1) is 5.92 Å². The predicted octanol–water partition coefficient (Wildman–Crippen LogP) is 3.14. The molecule has 94 valence electrons. The number of nitrogens with one attached hydrogen (secondary N) is 1. The van der Waals surface area contributed by atoms with Gasteiger partial charge in [0.2, 0.25) is 0 Å². The van der Waals surface area contributed by atoms with Crippen LogP contribution in [0.15, 0.2) is 12.2 Å². The molecule has 1 unspecified atom stereocenters. The largest absolute Gasteiger partial charge is 0.378 e. The molecule has 0 spiro atoms. The molecule has 0 aromatic rings. The highest BCUT2D eigenvalue weighted by Crippen LogP contribution is 2.34. The molecule has 1 fully saturated rings. The highest BCUT2D eigenvalue weighted by atomic mass is 16.5. The fourth-order valence-corrected chi connectivity index (χ4v) is 2.44. The Hall–Kier alpha value is -0.340. The molecule has 0 radical (unpaired) electrons. The maximum absolute atomic E-state index is 5.59. The van der Waals surface area contributed by atoms with E-state index in [1.54, 1.807) is 0 Å². The van der Waals surface area contributed by atoms with E-state index in [0.29, 0.717) is 12.1 Å². The van der Waals surface area contributed by atoms with Crippen LogP contribution in [0.25, 0.3) is 0 Å². The minimum Gasteiger partial charge on any atom is -0.378 e. The summed E-state index contributed by atoms with van der Waals surface area (Å²) in [7, 11) is 2.07. The number of hydrogen-bond acceptors (Lipinski definition) is 2. The van der Waals surface area contributed by atoms with Crippen LogP contribution in [0.2, 0.25) is 0 Å². The van der Waals surface area contributed by atoms with Gasteiger partial charge >= 0.3 is 0 Å². The molecule has 0 aromatic heterocycles. The fraction of sp³-hybridized carbons (Fsp3) is 0.857. The van der Waals surface area contributed by atoms with Crippen LogP contribution in [0.4, 0.5) is 0 Å². The van der Waals surface area contributed by atoms with Gasteiger partial charge in [0.05, 0.1) is 6.10 Å². The zero-order valence-corrected chi connectivity index (χ0v) is 11.1. The van der Waals surface area contributed by atoms with Crippen molar-refractivity contribution in [2.45, 2.75) is 58.1 Å². The van der Waals surface area contributed by atoms with E-state index < -0.39 is 0 Å². The molecule has 1 aliphatic rings. The number of rotatable bonds is 8. The molecule has 2 heteroatoms. The summed E-state index contributed by atoms with van der Waals surface area (Å²) >= 11 is 0. The molecule has 16 heavy (non-hydrogen) atoms. The summed E-state index contributed by atoms with van der Waals surface area (Å²) in [6, 6.07) is 0.657. The van der Waals surface area contributed by atoms with E-state index in [-0.39, 0.29) is 0 Å². The summed E-state index contributed by atoms with van der Waals surface area (Å²) in [6.07, 6.45) is 6.74. The van der Waals surface area contributed by atoms with Gasteiger partial charge in [-0.15, -0.1) is 6.58 Å². The smallest absolute Gasteiger partial charge is 0.0580 e. The molecule has 1 rings (SSSR count). The highest BCUT2D eigenvalue weighted by Gasteiger charge is 2.30. The molecule has 1 atom stereocenters. The van der Waals surface area contributed by atoms with E-state index in [1.165, 1.54) is 31.3 Å². The molecule has 0 saturated heterocycles.